The van der Waals surface area contributed by atoms with E-state index in [9.17, 15) is 4.39 Å². The van der Waals surface area contributed by atoms with Crippen LogP contribution in [0, 0.1) is 0 Å². The first-order valence-corrected chi connectivity index (χ1v) is 7.89. The molecule has 2 N–H and O–H groups in total. The van der Waals surface area contributed by atoms with Gasteiger partial charge in [-0.2, -0.15) is 0 Å². The summed E-state index contributed by atoms with van der Waals surface area (Å²) < 4.78 is 22.8. The predicted octanol–water partition coefficient (Wildman–Crippen LogP) is 2.91. The van der Waals surface area contributed by atoms with Gasteiger partial charge >= 0.3 is 0 Å². The average molecular weight is 291 g/mol. The number of halogens is 1. The minimum atomic E-state index is -0.331. The van der Waals surface area contributed by atoms with Gasteiger partial charge in [0.1, 0.15) is 11.5 Å². The number of methoxy groups -OCH3 is 2. The van der Waals surface area contributed by atoms with Crippen molar-refractivity contribution in [1.29, 1.82) is 0 Å². The summed E-state index contributed by atoms with van der Waals surface area (Å²) in [6.45, 7) is 0.227. The van der Waals surface area contributed by atoms with E-state index in [1.54, 1.807) is 14.2 Å². The summed E-state index contributed by atoms with van der Waals surface area (Å²) >= 11 is 0. The van der Waals surface area contributed by atoms with Crippen molar-refractivity contribution in [1.82, 2.24) is 0 Å². The van der Waals surface area contributed by atoms with Crippen molar-refractivity contribution in [2.45, 2.75) is 11.3 Å². The average Bonchev–Trinajstić information content (AvgIpc) is 2.40. The Morgan fingerprint density at radius 2 is 1.94 bits per heavy atom. The van der Waals surface area contributed by atoms with Crippen molar-refractivity contribution < 1.29 is 13.9 Å². The van der Waals surface area contributed by atoms with Crippen LogP contribution in [0.4, 0.5) is 4.39 Å². The molecule has 1 aromatic carbocycles. The molecule has 0 radical (unpaired) electrons. The summed E-state index contributed by atoms with van der Waals surface area (Å²) in [6.07, 6.45) is 0.738. The highest BCUT2D eigenvalue weighted by molar-refractivity contribution is 8.76. The molecular weight excluding hydrogens is 273 g/mol. The standard InChI is InChI=1S/C12H18FNO2S2/c1-15-10-8-12(18-17-6-4-13)11(16-2)7-9(10)3-5-14/h7-8H,3-6,14H2,1-2H3. The molecule has 0 heterocycles. The fourth-order valence-corrected chi connectivity index (χ4v) is 3.35. The summed E-state index contributed by atoms with van der Waals surface area (Å²) in [4.78, 5) is 0.938. The first kappa shape index (κ1) is 15.5. The van der Waals surface area contributed by atoms with Crippen LogP contribution >= 0.6 is 21.6 Å². The first-order chi connectivity index (χ1) is 8.76. The Morgan fingerprint density at radius 3 is 2.50 bits per heavy atom. The molecule has 0 aliphatic heterocycles. The second-order valence-corrected chi connectivity index (χ2v) is 5.91. The molecule has 1 aromatic rings. The first-order valence-electron chi connectivity index (χ1n) is 5.57. The van der Waals surface area contributed by atoms with Crippen LogP contribution in [-0.4, -0.2) is 33.2 Å². The van der Waals surface area contributed by atoms with Gasteiger partial charge in [0.05, 0.1) is 25.8 Å². The molecule has 3 nitrogen and oxygen atoms in total. The number of hydrogen-bond donors (Lipinski definition) is 1. The maximum atomic E-state index is 12.1. The van der Waals surface area contributed by atoms with Crippen molar-refractivity contribution >= 4 is 21.6 Å². The van der Waals surface area contributed by atoms with Crippen LogP contribution in [0.15, 0.2) is 17.0 Å². The van der Waals surface area contributed by atoms with Crippen LogP contribution in [0.5, 0.6) is 11.5 Å². The molecule has 0 spiro atoms. The van der Waals surface area contributed by atoms with Crippen molar-refractivity contribution in [3.63, 3.8) is 0 Å². The third-order valence-corrected chi connectivity index (χ3v) is 4.62. The molecular formula is C12H18FNO2S2. The number of alkyl halides is 1. The SMILES string of the molecule is COc1cc(SSCCF)c(OC)cc1CCN. The molecule has 1 rings (SSSR count). The van der Waals surface area contributed by atoms with E-state index >= 15 is 0 Å². The third-order valence-electron chi connectivity index (χ3n) is 2.29. The lowest BCUT2D eigenvalue weighted by Gasteiger charge is -2.13. The number of benzene rings is 1. The Bertz CT molecular complexity index is 377. The molecule has 0 amide bonds. The van der Waals surface area contributed by atoms with E-state index in [0.29, 0.717) is 12.3 Å². The second kappa shape index (κ2) is 8.50. The van der Waals surface area contributed by atoms with Gasteiger partial charge in [-0.15, -0.1) is 0 Å². The molecule has 0 aliphatic carbocycles. The van der Waals surface area contributed by atoms with Crippen molar-refractivity contribution in [3.05, 3.63) is 17.7 Å². The van der Waals surface area contributed by atoms with Crippen molar-refractivity contribution in [2.24, 2.45) is 5.73 Å². The maximum Gasteiger partial charge on any atom is 0.133 e. The predicted molar refractivity (Wildman–Crippen MR) is 76.6 cm³/mol. The van der Waals surface area contributed by atoms with E-state index in [-0.39, 0.29) is 6.67 Å². The number of nitrogens with two attached hydrogens (primary N) is 1. The van der Waals surface area contributed by atoms with Crippen LogP contribution in [0.3, 0.4) is 0 Å². The summed E-state index contributed by atoms with van der Waals surface area (Å²) in [7, 11) is 6.20. The summed E-state index contributed by atoms with van der Waals surface area (Å²) in [5, 5.41) is 0. The van der Waals surface area contributed by atoms with Gasteiger partial charge in [-0.3, -0.25) is 4.39 Å². The Hall–Kier alpha value is -0.590. The summed E-state index contributed by atoms with van der Waals surface area (Å²) in [5.41, 5.74) is 6.59. The Balaban J connectivity index is 2.94. The van der Waals surface area contributed by atoms with Gasteiger partial charge in [0, 0.05) is 5.75 Å². The van der Waals surface area contributed by atoms with Gasteiger partial charge in [-0.05, 0) is 30.7 Å². The lowest BCUT2D eigenvalue weighted by atomic mass is 10.1. The van der Waals surface area contributed by atoms with Crippen LogP contribution in [0.2, 0.25) is 0 Å². The molecule has 0 aliphatic rings. The monoisotopic (exact) mass is 291 g/mol. The van der Waals surface area contributed by atoms with Crippen molar-refractivity contribution in [2.75, 3.05) is 33.2 Å². The van der Waals surface area contributed by atoms with Gasteiger partial charge < -0.3 is 15.2 Å². The van der Waals surface area contributed by atoms with Crippen molar-refractivity contribution in [3.8, 4) is 11.5 Å². The van der Waals surface area contributed by atoms with Crippen LogP contribution < -0.4 is 15.2 Å². The Labute approximate surface area is 115 Å². The second-order valence-electron chi connectivity index (χ2n) is 3.45. The highest BCUT2D eigenvalue weighted by Gasteiger charge is 2.11. The lowest BCUT2D eigenvalue weighted by Crippen LogP contribution is -2.05. The number of hydrogen-bond acceptors (Lipinski definition) is 5. The highest BCUT2D eigenvalue weighted by Crippen LogP contribution is 2.41. The molecule has 0 aromatic heterocycles. The normalized spacial score (nSPS) is 10.4. The molecule has 102 valence electrons. The molecule has 0 saturated heterocycles. The van der Waals surface area contributed by atoms with E-state index in [1.165, 1.54) is 21.6 Å². The van der Waals surface area contributed by atoms with Gasteiger partial charge in [0.2, 0.25) is 0 Å². The number of ether oxygens (including phenoxy) is 2. The summed E-state index contributed by atoms with van der Waals surface area (Å²) in [5.74, 6) is 2.03. The zero-order chi connectivity index (χ0) is 13.4. The van der Waals surface area contributed by atoms with E-state index in [0.717, 1.165) is 28.4 Å². The largest absolute Gasteiger partial charge is 0.496 e. The Morgan fingerprint density at radius 1 is 1.22 bits per heavy atom. The smallest absolute Gasteiger partial charge is 0.133 e. The minimum absolute atomic E-state index is 0.331. The minimum Gasteiger partial charge on any atom is -0.496 e. The van der Waals surface area contributed by atoms with Gasteiger partial charge in [0.15, 0.2) is 0 Å². The summed E-state index contributed by atoms with van der Waals surface area (Å²) in [6, 6.07) is 3.85. The zero-order valence-corrected chi connectivity index (χ0v) is 12.2. The van der Waals surface area contributed by atoms with Gasteiger partial charge in [-0.1, -0.05) is 21.6 Å². The molecule has 0 atom stereocenters. The molecule has 0 bridgehead atoms. The molecule has 0 unspecified atom stereocenters. The third kappa shape index (κ3) is 4.26. The molecule has 0 saturated carbocycles. The van der Waals surface area contributed by atoms with E-state index < -0.39 is 0 Å². The lowest BCUT2D eigenvalue weighted by molar-refractivity contribution is 0.390. The Kier molecular flexibility index (Phi) is 7.31. The highest BCUT2D eigenvalue weighted by atomic mass is 33.1. The molecule has 18 heavy (non-hydrogen) atoms. The van der Waals surface area contributed by atoms with Crippen LogP contribution in [0.25, 0.3) is 0 Å². The van der Waals surface area contributed by atoms with Gasteiger partial charge in [-0.25, -0.2) is 0 Å². The maximum absolute atomic E-state index is 12.1. The van der Waals surface area contributed by atoms with E-state index in [1.807, 2.05) is 12.1 Å². The zero-order valence-electron chi connectivity index (χ0n) is 10.6. The van der Waals surface area contributed by atoms with Crippen LogP contribution in [-0.2, 0) is 6.42 Å². The van der Waals surface area contributed by atoms with E-state index in [2.05, 4.69) is 0 Å². The fraction of sp³-hybridized carbons (Fsp3) is 0.500. The quantitative estimate of drug-likeness (QED) is 0.589. The van der Waals surface area contributed by atoms with Crippen LogP contribution in [0.1, 0.15) is 5.56 Å². The fourth-order valence-electron chi connectivity index (χ4n) is 1.49. The van der Waals surface area contributed by atoms with Gasteiger partial charge in [0.25, 0.3) is 0 Å². The number of rotatable bonds is 8. The topological polar surface area (TPSA) is 44.5 Å². The molecule has 6 heteroatoms. The van der Waals surface area contributed by atoms with E-state index in [4.69, 9.17) is 15.2 Å². The molecule has 0 fully saturated rings.